The van der Waals surface area contributed by atoms with Gasteiger partial charge in [-0.3, -0.25) is 4.79 Å². The van der Waals surface area contributed by atoms with E-state index in [0.29, 0.717) is 37.2 Å². The van der Waals surface area contributed by atoms with E-state index < -0.39 is 12.3 Å². The summed E-state index contributed by atoms with van der Waals surface area (Å²) in [5.74, 6) is -0.259. The van der Waals surface area contributed by atoms with Gasteiger partial charge in [-0.2, -0.15) is 0 Å². The monoisotopic (exact) mass is 377 g/mol. The number of carbonyl (C=O) groups excluding carboxylic acids is 1. The minimum atomic E-state index is -2.28. The van der Waals surface area contributed by atoms with E-state index in [-0.39, 0.29) is 17.9 Å². The van der Waals surface area contributed by atoms with Crippen LogP contribution in [0, 0.1) is 5.92 Å². The number of imidazole rings is 1. The van der Waals surface area contributed by atoms with Gasteiger partial charge in [-0.05, 0) is 37.7 Å². The van der Waals surface area contributed by atoms with Crippen molar-refractivity contribution in [3.63, 3.8) is 0 Å². The molecule has 0 unspecified atom stereocenters. The van der Waals surface area contributed by atoms with Gasteiger partial charge in [0.05, 0.1) is 12.5 Å². The largest absolute Gasteiger partial charge is 0.348 e. The van der Waals surface area contributed by atoms with Crippen molar-refractivity contribution in [1.29, 1.82) is 0 Å². The van der Waals surface area contributed by atoms with E-state index in [1.165, 1.54) is 0 Å². The van der Waals surface area contributed by atoms with E-state index in [1.807, 2.05) is 20.9 Å². The molecule has 0 radical (unpaired) electrons. The molecule has 2 aromatic heterocycles. The Morgan fingerprint density at radius 3 is 2.48 bits per heavy atom. The summed E-state index contributed by atoms with van der Waals surface area (Å²) in [6, 6.07) is 1.61. The van der Waals surface area contributed by atoms with E-state index in [2.05, 4.69) is 20.3 Å². The number of hydrogen-bond acceptors (Lipinski definition) is 4. The van der Waals surface area contributed by atoms with Gasteiger partial charge in [-0.1, -0.05) is 13.8 Å². The summed E-state index contributed by atoms with van der Waals surface area (Å²) in [6.45, 7) is 4.01. The van der Waals surface area contributed by atoms with E-state index in [9.17, 15) is 13.6 Å². The highest BCUT2D eigenvalue weighted by Gasteiger charge is 2.28. The lowest BCUT2D eigenvalue weighted by Gasteiger charge is -2.28. The molecule has 1 N–H and O–H groups in total. The lowest BCUT2D eigenvalue weighted by Crippen LogP contribution is -2.39. The Morgan fingerprint density at radius 1 is 1.22 bits per heavy atom. The third-order valence-corrected chi connectivity index (χ3v) is 5.08. The van der Waals surface area contributed by atoms with Crippen molar-refractivity contribution in [2.24, 2.45) is 13.0 Å². The van der Waals surface area contributed by atoms with Crippen molar-refractivity contribution >= 4 is 5.91 Å². The minimum absolute atomic E-state index is 0.0925. The molecular weight excluding hydrogens is 352 g/mol. The summed E-state index contributed by atoms with van der Waals surface area (Å²) in [4.78, 5) is 25.8. The quantitative estimate of drug-likeness (QED) is 0.865. The molecule has 0 atom stereocenters. The second kappa shape index (κ2) is 8.10. The zero-order valence-corrected chi connectivity index (χ0v) is 15.8. The molecule has 1 aliphatic rings. The first-order valence-electron chi connectivity index (χ1n) is 9.29. The molecule has 1 saturated carbocycles. The van der Waals surface area contributed by atoms with E-state index in [1.54, 1.807) is 23.2 Å². The normalized spacial score (nSPS) is 20.3. The Balaban J connectivity index is 1.78. The summed E-state index contributed by atoms with van der Waals surface area (Å²) >= 11 is 0. The van der Waals surface area contributed by atoms with Gasteiger partial charge >= 0.3 is 0 Å². The maximum Gasteiger partial charge on any atom is 0.270 e. The molecule has 1 aliphatic carbocycles. The van der Waals surface area contributed by atoms with Crippen molar-refractivity contribution in [3.05, 3.63) is 30.0 Å². The first kappa shape index (κ1) is 19.4. The number of hydrogen-bond donors (Lipinski definition) is 1. The van der Waals surface area contributed by atoms with Gasteiger partial charge in [0.25, 0.3) is 5.91 Å². The van der Waals surface area contributed by atoms with Crippen LogP contribution < -0.4 is 5.32 Å². The summed E-state index contributed by atoms with van der Waals surface area (Å²) in [5, 5.41) is 2.95. The molecule has 0 bridgehead atoms. The number of aromatic nitrogens is 4. The van der Waals surface area contributed by atoms with Gasteiger partial charge in [0.15, 0.2) is 5.82 Å². The van der Waals surface area contributed by atoms with Gasteiger partial charge in [-0.25, -0.2) is 23.7 Å². The van der Waals surface area contributed by atoms with Gasteiger partial charge in [0.2, 0.25) is 6.43 Å². The fourth-order valence-electron chi connectivity index (χ4n) is 3.34. The minimum Gasteiger partial charge on any atom is -0.348 e. The van der Waals surface area contributed by atoms with Crippen LogP contribution in [0.15, 0.2) is 18.6 Å². The molecule has 0 spiro atoms. The first-order chi connectivity index (χ1) is 12.8. The predicted molar refractivity (Wildman–Crippen MR) is 97.5 cm³/mol. The Kier molecular flexibility index (Phi) is 5.82. The van der Waals surface area contributed by atoms with Crippen molar-refractivity contribution in [1.82, 2.24) is 24.8 Å². The van der Waals surface area contributed by atoms with Crippen LogP contribution in [0.3, 0.4) is 0 Å². The molecule has 0 aliphatic heterocycles. The summed E-state index contributed by atoms with van der Waals surface area (Å²) < 4.78 is 27.4. The van der Waals surface area contributed by atoms with Gasteiger partial charge in [0.1, 0.15) is 11.4 Å². The van der Waals surface area contributed by atoms with Crippen LogP contribution in [0.25, 0.3) is 11.5 Å². The van der Waals surface area contributed by atoms with Gasteiger partial charge in [-0.15, -0.1) is 0 Å². The summed E-state index contributed by atoms with van der Waals surface area (Å²) in [5.41, 5.74) is 1.79. The fourth-order valence-corrected chi connectivity index (χ4v) is 3.34. The number of amides is 1. The second-order valence-corrected chi connectivity index (χ2v) is 7.47. The average molecular weight is 377 g/mol. The maximum atomic E-state index is 12.8. The lowest BCUT2D eigenvalue weighted by molar-refractivity contribution is 0.0499. The molecule has 1 amide bonds. The highest BCUT2D eigenvalue weighted by molar-refractivity contribution is 5.93. The zero-order valence-electron chi connectivity index (χ0n) is 15.8. The number of halogens is 2. The molecule has 27 heavy (non-hydrogen) atoms. The molecule has 6 nitrogen and oxygen atoms in total. The third-order valence-electron chi connectivity index (χ3n) is 5.08. The molecule has 0 aromatic carbocycles. The summed E-state index contributed by atoms with van der Waals surface area (Å²) in [7, 11) is 1.84. The predicted octanol–water partition coefficient (Wildman–Crippen LogP) is 3.55. The topological polar surface area (TPSA) is 72.7 Å². The second-order valence-electron chi connectivity index (χ2n) is 7.47. The number of aryl methyl sites for hydroxylation is 1. The van der Waals surface area contributed by atoms with Crippen LogP contribution in [-0.2, 0) is 7.05 Å². The number of nitrogens with zero attached hydrogens (tertiary/aromatic N) is 4. The van der Waals surface area contributed by atoms with E-state index in [0.717, 1.165) is 11.4 Å². The van der Waals surface area contributed by atoms with Crippen molar-refractivity contribution in [2.75, 3.05) is 0 Å². The molecular formula is C19H25F2N5O. The highest BCUT2D eigenvalue weighted by atomic mass is 19.3. The fraction of sp³-hybridized carbons (Fsp3) is 0.579. The smallest absolute Gasteiger partial charge is 0.270 e. The Morgan fingerprint density at radius 2 is 1.93 bits per heavy atom. The van der Waals surface area contributed by atoms with Crippen molar-refractivity contribution < 1.29 is 13.6 Å². The third kappa shape index (κ3) is 4.48. The van der Waals surface area contributed by atoms with Crippen molar-refractivity contribution in [2.45, 2.75) is 57.9 Å². The first-order valence-corrected chi connectivity index (χ1v) is 9.29. The standard InChI is InChI=1S/C19H25F2N5O/c1-11(2)14-8-15(25-18(24-14)16-9-22-10-26(16)3)19(27)23-13-6-4-12(5-7-13)17(20)21/h8-13,17H,4-7H2,1-3H3,(H,23,27). The van der Waals surface area contributed by atoms with Gasteiger partial charge in [0, 0.05) is 24.7 Å². The molecule has 1 fully saturated rings. The Labute approximate surface area is 157 Å². The molecule has 2 heterocycles. The molecule has 146 valence electrons. The van der Waals surface area contributed by atoms with Crippen molar-refractivity contribution in [3.8, 4) is 11.5 Å². The highest BCUT2D eigenvalue weighted by Crippen LogP contribution is 2.29. The summed E-state index contributed by atoms with van der Waals surface area (Å²) in [6.07, 6.45) is 3.04. The number of alkyl halides is 2. The zero-order chi connectivity index (χ0) is 19.6. The Hall–Kier alpha value is -2.38. The number of nitrogens with one attached hydrogen (secondary N) is 1. The number of rotatable bonds is 5. The van der Waals surface area contributed by atoms with Gasteiger partial charge < -0.3 is 9.88 Å². The van der Waals surface area contributed by atoms with Crippen LogP contribution >= 0.6 is 0 Å². The molecule has 8 heteroatoms. The van der Waals surface area contributed by atoms with E-state index >= 15 is 0 Å². The Bertz CT molecular complexity index is 797. The molecule has 3 rings (SSSR count). The van der Waals surface area contributed by atoms with E-state index in [4.69, 9.17) is 0 Å². The van der Waals surface area contributed by atoms with Crippen LogP contribution in [0.2, 0.25) is 0 Å². The van der Waals surface area contributed by atoms with Crippen LogP contribution in [-0.4, -0.2) is 37.9 Å². The van der Waals surface area contributed by atoms with Crippen LogP contribution in [0.4, 0.5) is 8.78 Å². The average Bonchev–Trinajstić information content (AvgIpc) is 3.07. The molecule has 0 saturated heterocycles. The maximum absolute atomic E-state index is 12.8. The number of carbonyl (C=O) groups is 1. The molecule has 2 aromatic rings. The SMILES string of the molecule is CC(C)c1cc(C(=O)NC2CCC(C(F)F)CC2)nc(-c2cncn2C)n1. The lowest BCUT2D eigenvalue weighted by atomic mass is 9.86. The van der Waals surface area contributed by atoms with Crippen LogP contribution in [0.5, 0.6) is 0 Å². The van der Waals surface area contributed by atoms with Crippen LogP contribution in [0.1, 0.15) is 61.6 Å².